The highest BCUT2D eigenvalue weighted by molar-refractivity contribution is 5.95. The molecule has 0 aromatic heterocycles. The molecule has 0 saturated heterocycles. The molecular weight excluding hydrogens is 200 g/mol. The number of nitrogens with zero attached hydrogens (tertiary/aromatic N) is 1. The van der Waals surface area contributed by atoms with Crippen molar-refractivity contribution in [1.82, 2.24) is 9.97 Å². The third kappa shape index (κ3) is 1.04. The van der Waals surface area contributed by atoms with Crippen LogP contribution in [0.5, 0.6) is 0 Å². The summed E-state index contributed by atoms with van der Waals surface area (Å²) < 4.78 is 0. The normalized spacial score (nSPS) is 11.0. The molecule has 4 heteroatoms. The largest absolute Gasteiger partial charge is 0.398 e. The Morgan fingerprint density at radius 3 is 2.94 bits per heavy atom. The second-order valence-electron chi connectivity index (χ2n) is 3.65. The first-order chi connectivity index (χ1) is 7.79. The van der Waals surface area contributed by atoms with Gasteiger partial charge in [0.15, 0.2) is 0 Å². The van der Waals surface area contributed by atoms with Crippen LogP contribution in [0, 0.1) is 16.1 Å². The van der Waals surface area contributed by atoms with Crippen LogP contribution in [0.4, 0.5) is 5.69 Å². The van der Waals surface area contributed by atoms with E-state index in [1.807, 2.05) is 12.3 Å². The summed E-state index contributed by atoms with van der Waals surface area (Å²) in [5.41, 5.74) is 6.62. The standard InChI is InChI=1S/C12H10N4/c13-7-3-1-4-8(14)10-9(7)11-12(10)16-6-2-5-15-11/h1-6,13,16H,14H2. The van der Waals surface area contributed by atoms with Crippen molar-refractivity contribution >= 4 is 16.5 Å². The molecule has 0 saturated carbocycles. The molecule has 1 aromatic carbocycles. The van der Waals surface area contributed by atoms with Gasteiger partial charge in [-0.1, -0.05) is 6.07 Å². The van der Waals surface area contributed by atoms with Gasteiger partial charge in [0.2, 0.25) is 0 Å². The van der Waals surface area contributed by atoms with E-state index in [4.69, 9.17) is 11.1 Å². The Hall–Kier alpha value is -2.36. The number of hydrogen-bond donors (Lipinski definition) is 3. The molecule has 0 unspecified atom stereocenters. The molecule has 0 fully saturated rings. The van der Waals surface area contributed by atoms with Gasteiger partial charge in [-0.2, -0.15) is 0 Å². The van der Waals surface area contributed by atoms with E-state index in [-0.39, 0.29) is 0 Å². The number of nitrogens with one attached hydrogen (secondary N) is 2. The molecule has 4 N–H and O–H groups in total. The quantitative estimate of drug-likeness (QED) is 0.523. The highest BCUT2D eigenvalue weighted by Crippen LogP contribution is 2.22. The lowest BCUT2D eigenvalue weighted by molar-refractivity contribution is 1.19. The fraction of sp³-hybridized carbons (Fsp3) is 0. The molecule has 0 amide bonds. The van der Waals surface area contributed by atoms with Crippen LogP contribution in [0.25, 0.3) is 10.8 Å². The summed E-state index contributed by atoms with van der Waals surface area (Å²) in [5, 5.41) is 11.8. The number of aromatic amines is 1. The number of nitrogens with two attached hydrogens (primary N) is 1. The van der Waals surface area contributed by atoms with Gasteiger partial charge < -0.3 is 16.1 Å². The van der Waals surface area contributed by atoms with Crippen LogP contribution in [0.1, 0.15) is 0 Å². The van der Waals surface area contributed by atoms with Crippen LogP contribution >= 0.6 is 0 Å². The molecule has 0 atom stereocenters. The average Bonchev–Trinajstić information content (AvgIpc) is 2.47. The molecular formula is C12H10N4. The zero-order valence-corrected chi connectivity index (χ0v) is 8.49. The van der Waals surface area contributed by atoms with E-state index in [1.165, 1.54) is 0 Å². The predicted octanol–water partition coefficient (Wildman–Crippen LogP) is 1.35. The molecule has 1 aliphatic carbocycles. The third-order valence-electron chi connectivity index (χ3n) is 2.68. The lowest BCUT2D eigenvalue weighted by atomic mass is 10.1. The van der Waals surface area contributed by atoms with E-state index in [2.05, 4.69) is 9.97 Å². The summed E-state index contributed by atoms with van der Waals surface area (Å²) >= 11 is 0. The number of aromatic nitrogens is 2. The molecule has 1 heterocycles. The number of H-pyrrole nitrogens is 1. The summed E-state index contributed by atoms with van der Waals surface area (Å²) in [6, 6.07) is 7.14. The maximum Gasteiger partial charge on any atom is 0.0972 e. The van der Waals surface area contributed by atoms with Crippen molar-refractivity contribution in [2.45, 2.75) is 0 Å². The van der Waals surface area contributed by atoms with Crippen molar-refractivity contribution < 1.29 is 0 Å². The summed E-state index contributed by atoms with van der Waals surface area (Å²) in [4.78, 5) is 7.42. The Bertz CT molecular complexity index is 788. The van der Waals surface area contributed by atoms with E-state index in [0.29, 0.717) is 11.0 Å². The van der Waals surface area contributed by atoms with Crippen molar-refractivity contribution in [3.8, 4) is 0 Å². The lowest BCUT2D eigenvalue weighted by Gasteiger charge is -2.03. The molecule has 4 nitrogen and oxygen atoms in total. The van der Waals surface area contributed by atoms with E-state index in [9.17, 15) is 0 Å². The van der Waals surface area contributed by atoms with Gasteiger partial charge in [-0.15, -0.1) is 0 Å². The molecule has 3 rings (SSSR count). The summed E-state index contributed by atoms with van der Waals surface area (Å²) in [5.74, 6) is 0. The van der Waals surface area contributed by atoms with E-state index in [1.54, 1.807) is 24.4 Å². The van der Waals surface area contributed by atoms with Crippen LogP contribution < -0.4 is 11.1 Å². The fourth-order valence-electron chi connectivity index (χ4n) is 1.95. The monoisotopic (exact) mass is 210 g/mol. The molecule has 0 spiro atoms. The van der Waals surface area contributed by atoms with Crippen molar-refractivity contribution in [3.63, 3.8) is 0 Å². The molecule has 78 valence electrons. The number of anilines is 1. The summed E-state index contributed by atoms with van der Waals surface area (Å²) in [6.07, 6.45) is 3.52. The first-order valence-corrected chi connectivity index (χ1v) is 4.97. The fourth-order valence-corrected chi connectivity index (χ4v) is 1.95. The lowest BCUT2D eigenvalue weighted by Crippen LogP contribution is -2.04. The van der Waals surface area contributed by atoms with Crippen LogP contribution in [-0.4, -0.2) is 9.97 Å². The minimum Gasteiger partial charge on any atom is -0.398 e. The van der Waals surface area contributed by atoms with Gasteiger partial charge in [-0.05, 0) is 18.2 Å². The SMILES string of the molecule is N=c1cccc(N)c2c3[nH]cccnc=3c12. The first kappa shape index (κ1) is 8.91. The molecule has 16 heavy (non-hydrogen) atoms. The summed E-state index contributed by atoms with van der Waals surface area (Å²) in [6.45, 7) is 0. The minimum atomic E-state index is 0.450. The Kier molecular flexibility index (Phi) is 1.71. The molecule has 2 aliphatic rings. The maximum atomic E-state index is 7.91. The highest BCUT2D eigenvalue weighted by Gasteiger charge is 2.09. The van der Waals surface area contributed by atoms with E-state index < -0.39 is 0 Å². The van der Waals surface area contributed by atoms with Gasteiger partial charge in [-0.25, -0.2) is 0 Å². The van der Waals surface area contributed by atoms with Gasteiger partial charge in [0, 0.05) is 28.9 Å². The molecule has 0 bridgehead atoms. The first-order valence-electron chi connectivity index (χ1n) is 4.97. The van der Waals surface area contributed by atoms with Crippen LogP contribution in [0.3, 0.4) is 0 Å². The molecule has 1 aromatic rings. The summed E-state index contributed by atoms with van der Waals surface area (Å²) in [7, 11) is 0. The zero-order chi connectivity index (χ0) is 11.1. The minimum absolute atomic E-state index is 0.450. The molecule has 1 aliphatic heterocycles. The Morgan fingerprint density at radius 1 is 1.19 bits per heavy atom. The number of fused-ring (bicyclic) bond motifs is 3. The van der Waals surface area contributed by atoms with Crippen LogP contribution in [0.15, 0.2) is 36.7 Å². The Labute approximate surface area is 90.9 Å². The van der Waals surface area contributed by atoms with E-state index in [0.717, 1.165) is 21.5 Å². The average molecular weight is 210 g/mol. The zero-order valence-electron chi connectivity index (χ0n) is 8.49. The number of hydrogen-bond acceptors (Lipinski definition) is 3. The van der Waals surface area contributed by atoms with Gasteiger partial charge in [0.05, 0.1) is 16.1 Å². The highest BCUT2D eigenvalue weighted by atomic mass is 14.7. The predicted molar refractivity (Wildman–Crippen MR) is 61.7 cm³/mol. The second-order valence-corrected chi connectivity index (χ2v) is 3.65. The van der Waals surface area contributed by atoms with Gasteiger partial charge in [0.1, 0.15) is 0 Å². The van der Waals surface area contributed by atoms with Crippen molar-refractivity contribution in [3.05, 3.63) is 52.7 Å². The van der Waals surface area contributed by atoms with Crippen LogP contribution in [0.2, 0.25) is 0 Å². The Balaban J connectivity index is 2.75. The van der Waals surface area contributed by atoms with Gasteiger partial charge in [0.25, 0.3) is 0 Å². The van der Waals surface area contributed by atoms with E-state index >= 15 is 0 Å². The number of nitrogen functional groups attached to an aromatic ring is 1. The topological polar surface area (TPSA) is 78.5 Å². The van der Waals surface area contributed by atoms with Gasteiger partial charge >= 0.3 is 0 Å². The van der Waals surface area contributed by atoms with Crippen LogP contribution in [-0.2, 0) is 0 Å². The van der Waals surface area contributed by atoms with Crippen molar-refractivity contribution in [1.29, 1.82) is 5.41 Å². The Morgan fingerprint density at radius 2 is 2.06 bits per heavy atom. The maximum absolute atomic E-state index is 7.91. The van der Waals surface area contributed by atoms with Crippen molar-refractivity contribution in [2.75, 3.05) is 5.73 Å². The molecule has 0 radical (unpaired) electrons. The third-order valence-corrected chi connectivity index (χ3v) is 2.68. The van der Waals surface area contributed by atoms with Crippen molar-refractivity contribution in [2.24, 2.45) is 0 Å². The number of rotatable bonds is 0. The smallest absolute Gasteiger partial charge is 0.0972 e. The second kappa shape index (κ2) is 3.06. The van der Waals surface area contributed by atoms with Gasteiger partial charge in [-0.3, -0.25) is 4.98 Å².